The lowest BCUT2D eigenvalue weighted by molar-refractivity contribution is -0.0854. The second-order valence-corrected chi connectivity index (χ2v) is 8.90. The van der Waals surface area contributed by atoms with Crippen LogP contribution in [0.4, 0.5) is 17.6 Å². The van der Waals surface area contributed by atoms with Crippen LogP contribution < -0.4 is 9.47 Å². The molecule has 0 atom stereocenters. The normalized spacial score (nSPS) is 18.9. The molecule has 0 radical (unpaired) electrons. The van der Waals surface area contributed by atoms with Gasteiger partial charge in [0, 0.05) is 18.4 Å². The molecule has 0 N–H and O–H groups in total. The molecule has 0 aliphatic heterocycles. The van der Waals surface area contributed by atoms with Gasteiger partial charge in [0.25, 0.3) is 5.92 Å². The molecular formula is C28H34F4O2. The van der Waals surface area contributed by atoms with Gasteiger partial charge in [0.15, 0.2) is 11.6 Å². The molecule has 2 aromatic rings. The molecular weight excluding hydrogens is 444 g/mol. The standard InChI is InChI=1S/C28H34F4O2/c1-3-5-6-7-20-8-14-24(25(29)18-20)21-9-11-22(12-10-21)28(31,32)16-17-34-23-13-15-27(33-4-2)26(30)19-23/h3,5,8,13-15,18-19,21-22H,4,6-7,9-12,16-17H2,1-2H3/b5-3+. The molecule has 3 rings (SSSR count). The van der Waals surface area contributed by atoms with E-state index in [-0.39, 0.29) is 29.8 Å². The van der Waals surface area contributed by atoms with Crippen molar-refractivity contribution in [2.24, 2.45) is 5.92 Å². The smallest absolute Gasteiger partial charge is 0.254 e. The molecule has 1 aliphatic rings. The highest BCUT2D eigenvalue weighted by molar-refractivity contribution is 5.33. The highest BCUT2D eigenvalue weighted by Gasteiger charge is 2.41. The molecule has 2 nitrogen and oxygen atoms in total. The van der Waals surface area contributed by atoms with Crippen LogP contribution in [-0.4, -0.2) is 19.1 Å². The van der Waals surface area contributed by atoms with E-state index in [4.69, 9.17) is 9.47 Å². The fraction of sp³-hybridized carbons (Fsp3) is 0.500. The summed E-state index contributed by atoms with van der Waals surface area (Å²) in [5.41, 5.74) is 1.59. The molecule has 2 aromatic carbocycles. The Bertz CT molecular complexity index is 949. The van der Waals surface area contributed by atoms with Crippen LogP contribution in [0.2, 0.25) is 0 Å². The average Bonchev–Trinajstić information content (AvgIpc) is 2.81. The lowest BCUT2D eigenvalue weighted by Gasteiger charge is -2.34. The number of hydrogen-bond acceptors (Lipinski definition) is 2. The maximum atomic E-state index is 14.8. The number of benzene rings is 2. The molecule has 0 aromatic heterocycles. The second-order valence-electron chi connectivity index (χ2n) is 8.90. The number of allylic oxidation sites excluding steroid dienone is 2. The van der Waals surface area contributed by atoms with Crippen LogP contribution in [-0.2, 0) is 6.42 Å². The van der Waals surface area contributed by atoms with Crippen LogP contribution in [0.1, 0.15) is 69.4 Å². The van der Waals surface area contributed by atoms with Crippen molar-refractivity contribution in [1.82, 2.24) is 0 Å². The topological polar surface area (TPSA) is 18.5 Å². The number of aryl methyl sites for hydroxylation is 1. The van der Waals surface area contributed by atoms with Crippen molar-refractivity contribution in [1.29, 1.82) is 0 Å². The lowest BCUT2D eigenvalue weighted by atomic mass is 9.75. The lowest BCUT2D eigenvalue weighted by Crippen LogP contribution is -2.33. The number of alkyl halides is 2. The zero-order valence-electron chi connectivity index (χ0n) is 20.0. The Balaban J connectivity index is 1.48. The van der Waals surface area contributed by atoms with Crippen molar-refractivity contribution in [3.8, 4) is 11.5 Å². The molecule has 1 saturated carbocycles. The third-order valence-electron chi connectivity index (χ3n) is 6.57. The van der Waals surface area contributed by atoms with Crippen molar-refractivity contribution in [2.45, 2.75) is 70.6 Å². The van der Waals surface area contributed by atoms with Gasteiger partial charge in [-0.25, -0.2) is 17.6 Å². The average molecular weight is 479 g/mol. The molecule has 0 saturated heterocycles. The molecule has 0 bridgehead atoms. The SMILES string of the molecule is C/C=C/CCc1ccc(C2CCC(C(F)(F)CCOc3ccc(OCC)c(F)c3)CC2)c(F)c1. The van der Waals surface area contributed by atoms with E-state index in [0.29, 0.717) is 37.9 Å². The Kier molecular flexibility index (Phi) is 9.43. The van der Waals surface area contributed by atoms with E-state index in [1.54, 1.807) is 13.0 Å². The third kappa shape index (κ3) is 7.00. The van der Waals surface area contributed by atoms with Crippen LogP contribution in [0.3, 0.4) is 0 Å². The molecule has 6 heteroatoms. The molecule has 186 valence electrons. The van der Waals surface area contributed by atoms with E-state index in [0.717, 1.165) is 24.5 Å². The quantitative estimate of drug-likeness (QED) is 0.239. The largest absolute Gasteiger partial charge is 0.493 e. The molecule has 1 fully saturated rings. The van der Waals surface area contributed by atoms with Gasteiger partial charge in [0.2, 0.25) is 0 Å². The molecule has 0 amide bonds. The minimum absolute atomic E-state index is 0.0280. The summed E-state index contributed by atoms with van der Waals surface area (Å²) in [6, 6.07) is 9.45. The first kappa shape index (κ1) is 26.1. The highest BCUT2D eigenvalue weighted by atomic mass is 19.3. The van der Waals surface area contributed by atoms with E-state index >= 15 is 0 Å². The number of rotatable bonds is 11. The summed E-state index contributed by atoms with van der Waals surface area (Å²) >= 11 is 0. The Morgan fingerprint density at radius 1 is 0.971 bits per heavy atom. The van der Waals surface area contributed by atoms with Crippen LogP contribution >= 0.6 is 0 Å². The predicted octanol–water partition coefficient (Wildman–Crippen LogP) is 8.25. The summed E-state index contributed by atoms with van der Waals surface area (Å²) in [5, 5.41) is 0. The zero-order valence-corrected chi connectivity index (χ0v) is 20.0. The van der Waals surface area contributed by atoms with Gasteiger partial charge in [-0.3, -0.25) is 0 Å². The third-order valence-corrected chi connectivity index (χ3v) is 6.57. The molecule has 0 heterocycles. The maximum absolute atomic E-state index is 14.8. The van der Waals surface area contributed by atoms with Crippen molar-refractivity contribution in [3.05, 3.63) is 71.3 Å². The van der Waals surface area contributed by atoms with Gasteiger partial charge in [0.05, 0.1) is 13.2 Å². The summed E-state index contributed by atoms with van der Waals surface area (Å²) in [5.74, 6) is -4.18. The van der Waals surface area contributed by atoms with E-state index in [9.17, 15) is 17.6 Å². The van der Waals surface area contributed by atoms with Crippen LogP contribution in [0, 0.1) is 17.6 Å². The first-order valence-electron chi connectivity index (χ1n) is 12.2. The first-order chi connectivity index (χ1) is 16.3. The van der Waals surface area contributed by atoms with Crippen LogP contribution in [0.5, 0.6) is 11.5 Å². The van der Waals surface area contributed by atoms with E-state index in [1.807, 2.05) is 25.1 Å². The molecule has 0 unspecified atom stereocenters. The summed E-state index contributed by atoms with van der Waals surface area (Å²) in [6.07, 6.45) is 7.01. The van der Waals surface area contributed by atoms with Gasteiger partial charge in [-0.2, -0.15) is 0 Å². The number of ether oxygens (including phenoxy) is 2. The minimum Gasteiger partial charge on any atom is -0.493 e. The maximum Gasteiger partial charge on any atom is 0.254 e. The van der Waals surface area contributed by atoms with Gasteiger partial charge < -0.3 is 9.47 Å². The Morgan fingerprint density at radius 3 is 2.38 bits per heavy atom. The number of halogens is 4. The monoisotopic (exact) mass is 478 g/mol. The van der Waals surface area contributed by atoms with Gasteiger partial charge in [-0.05, 0) is 87.6 Å². The van der Waals surface area contributed by atoms with E-state index in [2.05, 4.69) is 6.08 Å². The van der Waals surface area contributed by atoms with Gasteiger partial charge in [-0.1, -0.05) is 24.3 Å². The fourth-order valence-corrected chi connectivity index (χ4v) is 4.65. The Hall–Kier alpha value is -2.50. The van der Waals surface area contributed by atoms with Gasteiger partial charge in [0.1, 0.15) is 11.6 Å². The summed E-state index contributed by atoms with van der Waals surface area (Å²) in [4.78, 5) is 0. The molecule has 1 aliphatic carbocycles. The van der Waals surface area contributed by atoms with Crippen molar-refractivity contribution < 1.29 is 27.0 Å². The Morgan fingerprint density at radius 2 is 1.74 bits per heavy atom. The minimum atomic E-state index is -2.88. The summed E-state index contributed by atoms with van der Waals surface area (Å²) in [6.45, 7) is 3.84. The molecule has 0 spiro atoms. The number of hydrogen-bond donors (Lipinski definition) is 0. The summed E-state index contributed by atoms with van der Waals surface area (Å²) < 4.78 is 68.7. The van der Waals surface area contributed by atoms with Crippen molar-refractivity contribution in [2.75, 3.05) is 13.2 Å². The Labute approximate surface area is 200 Å². The molecule has 34 heavy (non-hydrogen) atoms. The predicted molar refractivity (Wildman–Crippen MR) is 127 cm³/mol. The second kappa shape index (κ2) is 12.3. The zero-order chi connectivity index (χ0) is 24.6. The van der Waals surface area contributed by atoms with Crippen LogP contribution in [0.15, 0.2) is 48.6 Å². The summed E-state index contributed by atoms with van der Waals surface area (Å²) in [7, 11) is 0. The van der Waals surface area contributed by atoms with Crippen molar-refractivity contribution >= 4 is 0 Å². The van der Waals surface area contributed by atoms with E-state index in [1.165, 1.54) is 12.1 Å². The fourth-order valence-electron chi connectivity index (χ4n) is 4.65. The van der Waals surface area contributed by atoms with Crippen LogP contribution in [0.25, 0.3) is 0 Å². The van der Waals surface area contributed by atoms with Gasteiger partial charge in [-0.15, -0.1) is 0 Å². The van der Waals surface area contributed by atoms with E-state index < -0.39 is 24.1 Å². The van der Waals surface area contributed by atoms with Crippen molar-refractivity contribution in [3.63, 3.8) is 0 Å². The first-order valence-corrected chi connectivity index (χ1v) is 12.2. The van der Waals surface area contributed by atoms with Gasteiger partial charge >= 0.3 is 0 Å². The highest BCUT2D eigenvalue weighted by Crippen LogP contribution is 2.44.